The van der Waals surface area contributed by atoms with Crippen LogP contribution in [0.3, 0.4) is 0 Å². The average molecular weight is 271 g/mol. The number of aryl methyl sites for hydroxylation is 1. The van der Waals surface area contributed by atoms with E-state index in [1.54, 1.807) is 12.4 Å². The minimum absolute atomic E-state index is 0.223. The van der Waals surface area contributed by atoms with E-state index in [1.165, 1.54) is 0 Å². The molecule has 1 atom stereocenters. The van der Waals surface area contributed by atoms with Gasteiger partial charge in [-0.2, -0.15) is 4.98 Å². The van der Waals surface area contributed by atoms with Crippen LogP contribution in [-0.2, 0) is 4.79 Å². The molecule has 1 unspecified atom stereocenters. The third-order valence-corrected chi connectivity index (χ3v) is 3.82. The van der Waals surface area contributed by atoms with Crippen molar-refractivity contribution in [2.24, 2.45) is 0 Å². The number of carbonyl (C=O) groups is 1. The van der Waals surface area contributed by atoms with Gasteiger partial charge in [0.1, 0.15) is 5.78 Å². The number of nitrogens with zero attached hydrogens (tertiary/aromatic N) is 3. The van der Waals surface area contributed by atoms with E-state index in [2.05, 4.69) is 15.1 Å². The van der Waals surface area contributed by atoms with Gasteiger partial charge in [0.15, 0.2) is 0 Å². The molecule has 5 nitrogen and oxygen atoms in total. The predicted octanol–water partition coefficient (Wildman–Crippen LogP) is 3.06. The summed E-state index contributed by atoms with van der Waals surface area (Å²) < 4.78 is 5.33. The Morgan fingerprint density at radius 1 is 1.30 bits per heavy atom. The first-order valence-electron chi connectivity index (χ1n) is 7.03. The fourth-order valence-electron chi connectivity index (χ4n) is 2.61. The highest BCUT2D eigenvalue weighted by molar-refractivity contribution is 5.85. The Bertz CT molecular complexity index is 621. The highest BCUT2D eigenvalue weighted by Crippen LogP contribution is 2.29. The molecular formula is C15H17N3O2. The molecule has 0 spiro atoms. The van der Waals surface area contributed by atoms with Crippen molar-refractivity contribution in [2.75, 3.05) is 0 Å². The van der Waals surface area contributed by atoms with E-state index < -0.39 is 0 Å². The van der Waals surface area contributed by atoms with Gasteiger partial charge in [0, 0.05) is 24.4 Å². The quantitative estimate of drug-likeness (QED) is 0.785. The van der Waals surface area contributed by atoms with E-state index in [-0.39, 0.29) is 11.7 Å². The minimum Gasteiger partial charge on any atom is -0.338 e. The van der Waals surface area contributed by atoms with Gasteiger partial charge in [-0.3, -0.25) is 9.78 Å². The Kier molecular flexibility index (Phi) is 3.58. The third-order valence-electron chi connectivity index (χ3n) is 3.82. The molecule has 5 heteroatoms. The molecule has 1 aliphatic rings. The highest BCUT2D eigenvalue weighted by atomic mass is 16.5. The molecule has 20 heavy (non-hydrogen) atoms. The van der Waals surface area contributed by atoms with Gasteiger partial charge >= 0.3 is 0 Å². The number of carbonyl (C=O) groups excluding carboxylic acids is 1. The van der Waals surface area contributed by atoms with Crippen molar-refractivity contribution in [3.8, 4) is 11.4 Å². The molecule has 0 aromatic carbocycles. The van der Waals surface area contributed by atoms with Crippen molar-refractivity contribution in [2.45, 2.75) is 44.9 Å². The van der Waals surface area contributed by atoms with E-state index in [1.807, 2.05) is 13.0 Å². The van der Waals surface area contributed by atoms with Crippen LogP contribution in [0.5, 0.6) is 0 Å². The zero-order valence-electron chi connectivity index (χ0n) is 11.5. The van der Waals surface area contributed by atoms with Gasteiger partial charge in [0.25, 0.3) is 0 Å². The molecule has 0 amide bonds. The summed E-state index contributed by atoms with van der Waals surface area (Å²) in [4.78, 5) is 20.6. The third kappa shape index (κ3) is 2.48. The fraction of sp³-hybridized carbons (Fsp3) is 0.467. The van der Waals surface area contributed by atoms with Crippen molar-refractivity contribution >= 4 is 5.78 Å². The molecule has 1 aliphatic carbocycles. The van der Waals surface area contributed by atoms with Gasteiger partial charge in [-0.05, 0) is 31.4 Å². The van der Waals surface area contributed by atoms with E-state index in [9.17, 15) is 4.79 Å². The van der Waals surface area contributed by atoms with Gasteiger partial charge in [0.05, 0.1) is 5.92 Å². The Balaban J connectivity index is 1.90. The lowest BCUT2D eigenvalue weighted by molar-refractivity contribution is -0.120. The predicted molar refractivity (Wildman–Crippen MR) is 73.1 cm³/mol. The zero-order valence-corrected chi connectivity index (χ0v) is 11.5. The molecule has 2 aromatic rings. The van der Waals surface area contributed by atoms with E-state index in [0.29, 0.717) is 18.1 Å². The van der Waals surface area contributed by atoms with Crippen molar-refractivity contribution < 1.29 is 9.32 Å². The second-order valence-electron chi connectivity index (χ2n) is 5.27. The normalized spacial score (nSPS) is 19.9. The second kappa shape index (κ2) is 5.53. The first kappa shape index (κ1) is 13.0. The van der Waals surface area contributed by atoms with Crippen LogP contribution in [-0.4, -0.2) is 20.9 Å². The molecule has 0 radical (unpaired) electrons. The Labute approximate surface area is 117 Å². The highest BCUT2D eigenvalue weighted by Gasteiger charge is 2.28. The zero-order chi connectivity index (χ0) is 13.9. The van der Waals surface area contributed by atoms with Gasteiger partial charge in [-0.25, -0.2) is 0 Å². The van der Waals surface area contributed by atoms with Crippen LogP contribution in [0.1, 0.15) is 49.5 Å². The molecule has 0 N–H and O–H groups in total. The van der Waals surface area contributed by atoms with Crippen LogP contribution >= 0.6 is 0 Å². The summed E-state index contributed by atoms with van der Waals surface area (Å²) >= 11 is 0. The lowest BCUT2D eigenvalue weighted by atomic mass is 9.99. The average Bonchev–Trinajstić information content (AvgIpc) is 2.82. The topological polar surface area (TPSA) is 68.9 Å². The van der Waals surface area contributed by atoms with Crippen LogP contribution in [0.4, 0.5) is 0 Å². The summed E-state index contributed by atoms with van der Waals surface area (Å²) in [5.41, 5.74) is 1.89. The maximum Gasteiger partial charge on any atom is 0.237 e. The van der Waals surface area contributed by atoms with Crippen LogP contribution in [0, 0.1) is 6.92 Å². The number of hydrogen-bond acceptors (Lipinski definition) is 5. The summed E-state index contributed by atoms with van der Waals surface area (Å²) in [7, 11) is 0. The minimum atomic E-state index is -0.226. The lowest BCUT2D eigenvalue weighted by Crippen LogP contribution is -2.10. The summed E-state index contributed by atoms with van der Waals surface area (Å²) in [5, 5.41) is 4.01. The summed E-state index contributed by atoms with van der Waals surface area (Å²) in [6.07, 6.45) is 8.00. The van der Waals surface area contributed by atoms with Crippen LogP contribution in [0.2, 0.25) is 0 Å². The van der Waals surface area contributed by atoms with Crippen LogP contribution in [0.15, 0.2) is 23.0 Å². The maximum absolute atomic E-state index is 12.1. The molecule has 1 fully saturated rings. The molecule has 0 saturated heterocycles. The van der Waals surface area contributed by atoms with Crippen LogP contribution in [0.25, 0.3) is 11.4 Å². The van der Waals surface area contributed by atoms with Gasteiger partial charge < -0.3 is 4.52 Å². The number of rotatable bonds is 2. The molecule has 0 bridgehead atoms. The molecule has 104 valence electrons. The van der Waals surface area contributed by atoms with E-state index >= 15 is 0 Å². The summed E-state index contributed by atoms with van der Waals surface area (Å²) in [6.45, 7) is 1.98. The first-order valence-corrected chi connectivity index (χ1v) is 7.03. The van der Waals surface area contributed by atoms with Gasteiger partial charge in [0.2, 0.25) is 11.7 Å². The van der Waals surface area contributed by atoms with Gasteiger partial charge in [-0.1, -0.05) is 18.0 Å². The Morgan fingerprint density at radius 2 is 2.20 bits per heavy atom. The standard InChI is InChI=1S/C15H17N3O2/c1-10-7-8-16-9-12(10)14-17-15(20-18-14)11-5-3-2-4-6-13(11)19/h7-9,11H,2-6H2,1H3. The number of Topliss-reactive ketones (excluding diaryl/α,β-unsaturated/α-hetero) is 1. The van der Waals surface area contributed by atoms with Crippen molar-refractivity contribution in [1.29, 1.82) is 0 Å². The van der Waals surface area contributed by atoms with Crippen molar-refractivity contribution in [1.82, 2.24) is 15.1 Å². The van der Waals surface area contributed by atoms with Crippen molar-refractivity contribution in [3.05, 3.63) is 29.9 Å². The maximum atomic E-state index is 12.1. The molecule has 3 rings (SSSR count). The van der Waals surface area contributed by atoms with E-state index in [0.717, 1.165) is 36.8 Å². The molecule has 2 heterocycles. The lowest BCUT2D eigenvalue weighted by Gasteiger charge is -2.06. The first-order chi connectivity index (χ1) is 9.75. The Hall–Kier alpha value is -2.04. The van der Waals surface area contributed by atoms with Crippen LogP contribution < -0.4 is 0 Å². The molecule has 2 aromatic heterocycles. The summed E-state index contributed by atoms with van der Waals surface area (Å²) in [6, 6.07) is 1.90. The summed E-state index contributed by atoms with van der Waals surface area (Å²) in [5.74, 6) is 0.967. The molecule has 1 saturated carbocycles. The number of pyridine rings is 1. The number of hydrogen-bond donors (Lipinski definition) is 0. The SMILES string of the molecule is Cc1ccncc1-c1noc(C2CCCCCC2=O)n1. The molecular weight excluding hydrogens is 254 g/mol. The number of aromatic nitrogens is 3. The second-order valence-corrected chi connectivity index (χ2v) is 5.27. The smallest absolute Gasteiger partial charge is 0.237 e. The Morgan fingerprint density at radius 3 is 3.05 bits per heavy atom. The van der Waals surface area contributed by atoms with E-state index in [4.69, 9.17) is 4.52 Å². The number of ketones is 1. The fourth-order valence-corrected chi connectivity index (χ4v) is 2.61. The molecule has 0 aliphatic heterocycles. The largest absolute Gasteiger partial charge is 0.338 e. The van der Waals surface area contributed by atoms with Crippen molar-refractivity contribution in [3.63, 3.8) is 0 Å². The monoisotopic (exact) mass is 271 g/mol. The van der Waals surface area contributed by atoms with Gasteiger partial charge in [-0.15, -0.1) is 0 Å².